The first kappa shape index (κ1) is 36.7. The SMILES string of the molecule is CCCCC(O)(C(=O)OCC)c1c(SC)nc(CCC)n1Cc1ccc(-c2ccccc2S(=O)(=O)NC(=O)NCc2ccccc2)cc1. The molecule has 0 saturated heterocycles. The van der Waals surface area contributed by atoms with Crippen molar-refractivity contribution in [2.24, 2.45) is 0 Å². The van der Waals surface area contributed by atoms with Crippen LogP contribution in [-0.4, -0.2) is 47.9 Å². The molecule has 3 N–H and O–H groups in total. The standard InChI is InChI=1S/C36H44N4O6S2/c1-5-8-23-36(43,34(41)46-7-3)32-33(47-4)38-31(14-6-2)40(32)25-27-19-21-28(22-20-27)29-17-12-13-18-30(29)48(44,45)39-35(42)37-24-26-15-10-9-11-16-26/h9-13,15-22,43H,5-8,14,23-25H2,1-4H3,(H2,37,39,42). The molecule has 0 aliphatic heterocycles. The first-order chi connectivity index (χ1) is 23.1. The van der Waals surface area contributed by atoms with E-state index in [1.165, 1.54) is 17.8 Å². The summed E-state index contributed by atoms with van der Waals surface area (Å²) in [6, 6.07) is 22.3. The third-order valence-corrected chi connectivity index (χ3v) is 9.94. The van der Waals surface area contributed by atoms with E-state index in [0.29, 0.717) is 41.2 Å². The van der Waals surface area contributed by atoms with Crippen molar-refractivity contribution in [3.8, 4) is 11.1 Å². The van der Waals surface area contributed by atoms with Crippen molar-refractivity contribution in [2.75, 3.05) is 12.9 Å². The highest BCUT2D eigenvalue weighted by atomic mass is 32.2. The van der Waals surface area contributed by atoms with Gasteiger partial charge in [-0.15, -0.1) is 11.8 Å². The summed E-state index contributed by atoms with van der Waals surface area (Å²) in [5, 5.41) is 15.2. The van der Waals surface area contributed by atoms with Crippen LogP contribution < -0.4 is 10.0 Å². The Balaban J connectivity index is 1.64. The summed E-state index contributed by atoms with van der Waals surface area (Å²) in [6.45, 7) is 6.42. The van der Waals surface area contributed by atoms with Crippen LogP contribution in [0.4, 0.5) is 4.79 Å². The van der Waals surface area contributed by atoms with E-state index >= 15 is 0 Å². The average molecular weight is 693 g/mol. The maximum atomic E-state index is 13.3. The molecule has 12 heteroatoms. The van der Waals surface area contributed by atoms with E-state index in [2.05, 4.69) is 10.0 Å². The summed E-state index contributed by atoms with van der Waals surface area (Å²) < 4.78 is 36.1. The maximum absolute atomic E-state index is 13.3. The topological polar surface area (TPSA) is 140 Å². The predicted octanol–water partition coefficient (Wildman–Crippen LogP) is 6.40. The third kappa shape index (κ3) is 8.66. The number of thioether (sulfide) groups is 1. The van der Waals surface area contributed by atoms with Gasteiger partial charge in [-0.25, -0.2) is 27.7 Å². The number of unbranched alkanes of at least 4 members (excludes halogenated alkanes) is 1. The van der Waals surface area contributed by atoms with E-state index in [0.717, 1.165) is 29.8 Å². The molecule has 0 fully saturated rings. The molecule has 0 saturated carbocycles. The van der Waals surface area contributed by atoms with Gasteiger partial charge in [0.25, 0.3) is 10.0 Å². The molecule has 0 aliphatic rings. The number of rotatable bonds is 16. The summed E-state index contributed by atoms with van der Waals surface area (Å²) in [6.07, 6.45) is 4.96. The lowest BCUT2D eigenvalue weighted by Gasteiger charge is -2.28. The number of carbonyl (C=O) groups is 2. The first-order valence-electron chi connectivity index (χ1n) is 16.1. The number of urea groups is 1. The Bertz CT molecular complexity index is 1790. The Hall–Kier alpha value is -4.13. The lowest BCUT2D eigenvalue weighted by molar-refractivity contribution is -0.168. The molecule has 48 heavy (non-hydrogen) atoms. The van der Waals surface area contributed by atoms with Crippen LogP contribution >= 0.6 is 11.8 Å². The smallest absolute Gasteiger partial charge is 0.344 e. The number of nitrogens with zero attached hydrogens (tertiary/aromatic N) is 2. The number of nitrogens with one attached hydrogen (secondary N) is 2. The van der Waals surface area contributed by atoms with Crippen molar-refractivity contribution >= 4 is 33.8 Å². The molecule has 1 unspecified atom stereocenters. The van der Waals surface area contributed by atoms with E-state index in [4.69, 9.17) is 9.72 Å². The fourth-order valence-corrected chi connectivity index (χ4v) is 7.33. The molecule has 2 amide bonds. The number of sulfonamides is 1. The summed E-state index contributed by atoms with van der Waals surface area (Å²) in [4.78, 5) is 30.6. The molecule has 1 aromatic heterocycles. The second kappa shape index (κ2) is 16.8. The van der Waals surface area contributed by atoms with Gasteiger partial charge in [0, 0.05) is 25.1 Å². The number of ether oxygens (including phenoxy) is 1. The molecule has 256 valence electrons. The highest BCUT2D eigenvalue weighted by Gasteiger charge is 2.44. The van der Waals surface area contributed by atoms with Crippen molar-refractivity contribution in [1.29, 1.82) is 0 Å². The average Bonchev–Trinajstić information content (AvgIpc) is 3.44. The second-order valence-corrected chi connectivity index (χ2v) is 13.8. The lowest BCUT2D eigenvalue weighted by Crippen LogP contribution is -2.40. The summed E-state index contributed by atoms with van der Waals surface area (Å²) in [5.74, 6) is 0.0710. The molecule has 4 rings (SSSR count). The largest absolute Gasteiger partial charge is 0.464 e. The van der Waals surface area contributed by atoms with Gasteiger partial charge in [0.1, 0.15) is 10.9 Å². The van der Waals surface area contributed by atoms with Crippen LogP contribution in [-0.2, 0) is 44.7 Å². The summed E-state index contributed by atoms with van der Waals surface area (Å²) in [7, 11) is -4.20. The van der Waals surface area contributed by atoms with Crippen LogP contribution in [0, 0.1) is 0 Å². The number of hydrogen-bond donors (Lipinski definition) is 3. The summed E-state index contributed by atoms with van der Waals surface area (Å²) in [5.41, 5.74) is 1.34. The van der Waals surface area contributed by atoms with Gasteiger partial charge < -0.3 is 19.7 Å². The maximum Gasteiger partial charge on any atom is 0.344 e. The Labute approximate surface area is 287 Å². The van der Waals surface area contributed by atoms with Crippen molar-refractivity contribution < 1.29 is 27.9 Å². The monoisotopic (exact) mass is 692 g/mol. The fourth-order valence-electron chi connectivity index (χ4n) is 5.51. The van der Waals surface area contributed by atoms with Crippen LogP contribution in [0.1, 0.15) is 69.1 Å². The van der Waals surface area contributed by atoms with E-state index in [-0.39, 0.29) is 24.5 Å². The second-order valence-electron chi connectivity index (χ2n) is 11.4. The quantitative estimate of drug-likeness (QED) is 0.0906. The molecule has 10 nitrogen and oxygen atoms in total. The van der Waals surface area contributed by atoms with Crippen molar-refractivity contribution in [1.82, 2.24) is 19.6 Å². The first-order valence-corrected chi connectivity index (χ1v) is 18.8. The van der Waals surface area contributed by atoms with E-state index in [9.17, 15) is 23.1 Å². The van der Waals surface area contributed by atoms with Crippen LogP contribution in [0.3, 0.4) is 0 Å². The molecule has 0 radical (unpaired) electrons. The van der Waals surface area contributed by atoms with Crippen LogP contribution in [0.25, 0.3) is 11.1 Å². The molecule has 0 bridgehead atoms. The molecule has 3 aromatic carbocycles. The zero-order valence-corrected chi connectivity index (χ0v) is 29.5. The Morgan fingerprint density at radius 1 is 0.938 bits per heavy atom. The number of aromatic nitrogens is 2. The van der Waals surface area contributed by atoms with Crippen LogP contribution in [0.2, 0.25) is 0 Å². The number of esters is 1. The van der Waals surface area contributed by atoms with Crippen LogP contribution in [0.5, 0.6) is 0 Å². The van der Waals surface area contributed by atoms with Gasteiger partial charge >= 0.3 is 12.0 Å². The van der Waals surface area contributed by atoms with Crippen LogP contribution in [0.15, 0.2) is 88.8 Å². The number of benzene rings is 3. The van der Waals surface area contributed by atoms with Crippen molar-refractivity contribution in [3.05, 3.63) is 102 Å². The van der Waals surface area contributed by atoms with Gasteiger partial charge in [-0.2, -0.15) is 0 Å². The lowest BCUT2D eigenvalue weighted by atomic mass is 9.93. The zero-order chi connectivity index (χ0) is 34.7. The highest BCUT2D eigenvalue weighted by Crippen LogP contribution is 2.37. The van der Waals surface area contributed by atoms with Gasteiger partial charge in [-0.05, 0) is 55.2 Å². The van der Waals surface area contributed by atoms with E-state index < -0.39 is 27.6 Å². The van der Waals surface area contributed by atoms with Gasteiger partial charge in [0.15, 0.2) is 0 Å². The molecule has 1 heterocycles. The Kier molecular flexibility index (Phi) is 12.9. The van der Waals surface area contributed by atoms with Gasteiger partial charge in [0.05, 0.1) is 17.2 Å². The molecular formula is C36H44N4O6S2. The van der Waals surface area contributed by atoms with Gasteiger partial charge in [0.2, 0.25) is 5.60 Å². The fraction of sp³-hybridized carbons (Fsp3) is 0.361. The minimum Gasteiger partial charge on any atom is -0.464 e. The number of carbonyl (C=O) groups excluding carboxylic acids is 2. The Morgan fingerprint density at radius 2 is 1.62 bits per heavy atom. The normalized spacial score (nSPS) is 12.7. The minimum absolute atomic E-state index is 0.0326. The number of aliphatic hydroxyl groups is 1. The molecule has 0 spiro atoms. The van der Waals surface area contributed by atoms with E-state index in [1.807, 2.05) is 79.3 Å². The number of amides is 2. The highest BCUT2D eigenvalue weighted by molar-refractivity contribution is 7.98. The predicted molar refractivity (Wildman–Crippen MR) is 188 cm³/mol. The number of hydrogen-bond acceptors (Lipinski definition) is 8. The number of imidazole rings is 1. The summed E-state index contributed by atoms with van der Waals surface area (Å²) >= 11 is 1.38. The molecule has 4 aromatic rings. The molecule has 0 aliphatic carbocycles. The number of aryl methyl sites for hydroxylation is 1. The van der Waals surface area contributed by atoms with Gasteiger partial charge in [-0.3, -0.25) is 0 Å². The molecule has 1 atom stereocenters. The van der Waals surface area contributed by atoms with Crippen molar-refractivity contribution in [2.45, 2.75) is 81.5 Å². The van der Waals surface area contributed by atoms with E-state index in [1.54, 1.807) is 25.1 Å². The van der Waals surface area contributed by atoms with Gasteiger partial charge in [-0.1, -0.05) is 93.1 Å². The third-order valence-electron chi connectivity index (χ3n) is 7.88. The molecular weight excluding hydrogens is 649 g/mol. The Morgan fingerprint density at radius 3 is 2.27 bits per heavy atom. The zero-order valence-electron chi connectivity index (χ0n) is 27.9. The minimum atomic E-state index is -4.20. The van der Waals surface area contributed by atoms with Crippen molar-refractivity contribution in [3.63, 3.8) is 0 Å².